The number of fused-ring (bicyclic) bond motifs is 1. The maximum atomic E-state index is 14.9. The van der Waals surface area contributed by atoms with Crippen LogP contribution in [0.3, 0.4) is 0 Å². The van der Waals surface area contributed by atoms with Crippen molar-refractivity contribution in [2.24, 2.45) is 5.92 Å². The van der Waals surface area contributed by atoms with E-state index in [0.29, 0.717) is 24.0 Å². The molecule has 7 heteroatoms. The lowest BCUT2D eigenvalue weighted by Crippen LogP contribution is -2.43. The molecule has 5 nitrogen and oxygen atoms in total. The minimum absolute atomic E-state index is 0.0703. The van der Waals surface area contributed by atoms with Crippen LogP contribution in [0.25, 0.3) is 0 Å². The van der Waals surface area contributed by atoms with E-state index < -0.39 is 17.9 Å². The number of likely N-dealkylation sites (tertiary alicyclic amines) is 1. The SMILES string of the molecule is N=Cc1cc2c(c(C(O)C(F)(F)C3CCN(C=O)CC3)c1N)CC2. The molecule has 0 bridgehead atoms. The van der Waals surface area contributed by atoms with Crippen LogP contribution in [0.4, 0.5) is 14.5 Å². The lowest BCUT2D eigenvalue weighted by Gasteiger charge is -2.38. The summed E-state index contributed by atoms with van der Waals surface area (Å²) in [5.74, 6) is -4.32. The highest BCUT2D eigenvalue weighted by Gasteiger charge is 2.49. The molecule has 130 valence electrons. The summed E-state index contributed by atoms with van der Waals surface area (Å²) in [5, 5.41) is 17.9. The highest BCUT2D eigenvalue weighted by molar-refractivity contribution is 5.88. The van der Waals surface area contributed by atoms with Crippen LogP contribution < -0.4 is 5.73 Å². The lowest BCUT2D eigenvalue weighted by molar-refractivity contribution is -0.162. The van der Waals surface area contributed by atoms with Crippen molar-refractivity contribution in [1.29, 1.82) is 5.41 Å². The number of piperidine rings is 1. The van der Waals surface area contributed by atoms with E-state index in [9.17, 15) is 18.7 Å². The van der Waals surface area contributed by atoms with Crippen molar-refractivity contribution < 1.29 is 18.7 Å². The molecule has 3 rings (SSSR count). The number of nitrogens with two attached hydrogens (primary N) is 1. The predicted octanol–water partition coefficient (Wildman–Crippen LogP) is 1.90. The van der Waals surface area contributed by atoms with E-state index in [1.54, 1.807) is 6.07 Å². The number of anilines is 1. The molecule has 0 aromatic heterocycles. The molecule has 1 amide bonds. The van der Waals surface area contributed by atoms with Gasteiger partial charge in [-0.3, -0.25) is 4.79 Å². The van der Waals surface area contributed by atoms with Gasteiger partial charge in [-0.25, -0.2) is 8.78 Å². The number of hydrogen-bond donors (Lipinski definition) is 3. The first kappa shape index (κ1) is 16.8. The van der Waals surface area contributed by atoms with Crippen molar-refractivity contribution in [3.05, 3.63) is 28.3 Å². The molecule has 1 aliphatic heterocycles. The third kappa shape index (κ3) is 2.56. The summed E-state index contributed by atoms with van der Waals surface area (Å²) >= 11 is 0. The quantitative estimate of drug-likeness (QED) is 0.435. The van der Waals surface area contributed by atoms with Gasteiger partial charge in [0.2, 0.25) is 6.41 Å². The number of carbonyl (C=O) groups is 1. The fraction of sp³-hybridized carbons (Fsp3) is 0.529. The van der Waals surface area contributed by atoms with Gasteiger partial charge in [0.25, 0.3) is 5.92 Å². The largest absolute Gasteiger partial charge is 0.398 e. The van der Waals surface area contributed by atoms with E-state index in [1.165, 1.54) is 4.90 Å². The number of alkyl halides is 2. The highest BCUT2D eigenvalue weighted by atomic mass is 19.3. The van der Waals surface area contributed by atoms with Crippen LogP contribution in [0.5, 0.6) is 0 Å². The van der Waals surface area contributed by atoms with Crippen LogP contribution in [0.1, 0.15) is 41.2 Å². The molecule has 1 fully saturated rings. The fourth-order valence-electron chi connectivity index (χ4n) is 3.68. The molecule has 0 radical (unpaired) electrons. The Bertz CT molecular complexity index is 670. The average Bonchev–Trinajstić information content (AvgIpc) is 2.57. The number of benzene rings is 1. The number of carbonyl (C=O) groups excluding carboxylic acids is 1. The van der Waals surface area contributed by atoms with Gasteiger partial charge in [0.15, 0.2) is 0 Å². The number of aliphatic hydroxyl groups excluding tert-OH is 1. The Labute approximate surface area is 139 Å². The number of nitrogens with one attached hydrogen (secondary N) is 1. The summed E-state index contributed by atoms with van der Waals surface area (Å²) in [6.45, 7) is 0.537. The average molecular weight is 337 g/mol. The smallest absolute Gasteiger partial charge is 0.280 e. The van der Waals surface area contributed by atoms with Crippen molar-refractivity contribution in [2.75, 3.05) is 18.8 Å². The zero-order valence-electron chi connectivity index (χ0n) is 13.3. The van der Waals surface area contributed by atoms with Gasteiger partial charge in [-0.15, -0.1) is 0 Å². The number of nitrogen functional groups attached to an aromatic ring is 1. The van der Waals surface area contributed by atoms with Crippen molar-refractivity contribution >= 4 is 18.3 Å². The standard InChI is InChI=1S/C17H21F2N3O2/c18-17(19,12-3-5-22(9-23)6-4-12)16(24)14-13-2-1-10(13)7-11(8-20)15(14)21/h7-9,12,16,20,24H,1-6,21H2. The summed E-state index contributed by atoms with van der Waals surface area (Å²) in [4.78, 5) is 12.2. The third-order valence-electron chi connectivity index (χ3n) is 5.30. The number of aryl methyl sites for hydroxylation is 1. The first-order chi connectivity index (χ1) is 11.4. The van der Waals surface area contributed by atoms with Crippen LogP contribution in [-0.2, 0) is 17.6 Å². The Hall–Kier alpha value is -2.02. The molecular formula is C17H21F2N3O2. The monoisotopic (exact) mass is 337 g/mol. The van der Waals surface area contributed by atoms with Crippen LogP contribution in [-0.4, -0.2) is 41.6 Å². The molecule has 0 spiro atoms. The molecule has 1 aliphatic carbocycles. The predicted molar refractivity (Wildman–Crippen MR) is 86.4 cm³/mol. The molecule has 1 saturated heterocycles. The van der Waals surface area contributed by atoms with Crippen LogP contribution in [0.15, 0.2) is 6.07 Å². The molecule has 1 atom stereocenters. The maximum Gasteiger partial charge on any atom is 0.280 e. The molecule has 1 aromatic rings. The summed E-state index contributed by atoms with van der Waals surface area (Å²) in [5.41, 5.74) is 8.06. The number of halogens is 2. The van der Waals surface area contributed by atoms with Gasteiger partial charge in [0, 0.05) is 42.0 Å². The normalized spacial score (nSPS) is 19.4. The number of hydrogen-bond acceptors (Lipinski definition) is 4. The second-order valence-corrected chi connectivity index (χ2v) is 6.57. The first-order valence-corrected chi connectivity index (χ1v) is 8.10. The Morgan fingerprint density at radius 3 is 2.54 bits per heavy atom. The second-order valence-electron chi connectivity index (χ2n) is 6.57. The van der Waals surface area contributed by atoms with Gasteiger partial charge in [-0.1, -0.05) is 0 Å². The number of nitrogens with zero attached hydrogens (tertiary/aromatic N) is 1. The van der Waals surface area contributed by atoms with E-state index in [4.69, 9.17) is 11.1 Å². The molecule has 1 heterocycles. The van der Waals surface area contributed by atoms with Crippen LogP contribution >= 0.6 is 0 Å². The Balaban J connectivity index is 1.91. The van der Waals surface area contributed by atoms with Crippen molar-refractivity contribution in [3.8, 4) is 0 Å². The fourth-order valence-corrected chi connectivity index (χ4v) is 3.68. The van der Waals surface area contributed by atoms with Gasteiger partial charge in [0.05, 0.1) is 0 Å². The van der Waals surface area contributed by atoms with E-state index >= 15 is 0 Å². The molecule has 1 unspecified atom stereocenters. The zero-order valence-corrected chi connectivity index (χ0v) is 13.3. The third-order valence-corrected chi connectivity index (χ3v) is 5.30. The van der Waals surface area contributed by atoms with Gasteiger partial charge in [0.1, 0.15) is 6.10 Å². The molecule has 24 heavy (non-hydrogen) atoms. The molecule has 1 aromatic carbocycles. The maximum absolute atomic E-state index is 14.9. The minimum atomic E-state index is -3.33. The second kappa shape index (κ2) is 6.12. The Morgan fingerprint density at radius 2 is 2.04 bits per heavy atom. The summed E-state index contributed by atoms with van der Waals surface area (Å²) in [6.07, 6.45) is 1.37. The van der Waals surface area contributed by atoms with E-state index in [1.807, 2.05) is 0 Å². The van der Waals surface area contributed by atoms with E-state index in [2.05, 4.69) is 0 Å². The van der Waals surface area contributed by atoms with Gasteiger partial charge < -0.3 is 21.1 Å². The molecular weight excluding hydrogens is 316 g/mol. The lowest BCUT2D eigenvalue weighted by atomic mass is 9.77. The zero-order chi connectivity index (χ0) is 17.5. The summed E-state index contributed by atoms with van der Waals surface area (Å²) in [6, 6.07) is 1.73. The van der Waals surface area contributed by atoms with E-state index in [0.717, 1.165) is 18.2 Å². The number of aliphatic hydroxyl groups is 1. The number of rotatable bonds is 5. The topological polar surface area (TPSA) is 90.4 Å². The first-order valence-electron chi connectivity index (χ1n) is 8.10. The molecule has 0 saturated carbocycles. The summed E-state index contributed by atoms with van der Waals surface area (Å²) in [7, 11) is 0. The van der Waals surface area contributed by atoms with Crippen molar-refractivity contribution in [3.63, 3.8) is 0 Å². The van der Waals surface area contributed by atoms with Gasteiger partial charge in [-0.2, -0.15) is 0 Å². The van der Waals surface area contributed by atoms with Crippen LogP contribution in [0.2, 0.25) is 0 Å². The van der Waals surface area contributed by atoms with E-state index in [-0.39, 0.29) is 37.2 Å². The molecule has 2 aliphatic rings. The van der Waals surface area contributed by atoms with Crippen LogP contribution in [0, 0.1) is 11.3 Å². The van der Waals surface area contributed by atoms with Gasteiger partial charge >= 0.3 is 0 Å². The minimum Gasteiger partial charge on any atom is -0.398 e. The number of amides is 1. The van der Waals surface area contributed by atoms with Gasteiger partial charge in [-0.05, 0) is 42.9 Å². The molecule has 4 N–H and O–H groups in total. The van der Waals surface area contributed by atoms with Crippen molar-refractivity contribution in [2.45, 2.75) is 37.7 Å². The summed E-state index contributed by atoms with van der Waals surface area (Å²) < 4.78 is 29.8. The highest BCUT2D eigenvalue weighted by Crippen LogP contribution is 2.47. The van der Waals surface area contributed by atoms with Crippen molar-refractivity contribution in [1.82, 2.24) is 4.90 Å². The Kier molecular flexibility index (Phi) is 4.29. The Morgan fingerprint density at radius 1 is 1.38 bits per heavy atom.